The second kappa shape index (κ2) is 7.17. The fourth-order valence-electron chi connectivity index (χ4n) is 2.01. The molecule has 0 aliphatic heterocycles. The third kappa shape index (κ3) is 4.49. The van der Waals surface area contributed by atoms with Crippen molar-refractivity contribution < 1.29 is 9.90 Å². The lowest BCUT2D eigenvalue weighted by Crippen LogP contribution is -2.29. The minimum absolute atomic E-state index is 0.273. The van der Waals surface area contributed by atoms with Crippen molar-refractivity contribution >= 4 is 5.97 Å². The summed E-state index contributed by atoms with van der Waals surface area (Å²) < 4.78 is 0. The molecule has 0 fully saturated rings. The van der Waals surface area contributed by atoms with Gasteiger partial charge < -0.3 is 10.0 Å². The van der Waals surface area contributed by atoms with Gasteiger partial charge in [0, 0.05) is 13.1 Å². The van der Waals surface area contributed by atoms with E-state index >= 15 is 0 Å². The maximum Gasteiger partial charge on any atom is 0.307 e. The number of carboxylic acids is 1. The van der Waals surface area contributed by atoms with E-state index in [1.807, 2.05) is 14.0 Å². The number of hydrogen-bond donors (Lipinski definition) is 1. The zero-order valence-corrected chi connectivity index (χ0v) is 11.5. The fraction of sp³-hybridized carbons (Fsp3) is 0.533. The first kappa shape index (κ1) is 14.7. The van der Waals surface area contributed by atoms with Gasteiger partial charge in [0.05, 0.1) is 5.92 Å². The minimum Gasteiger partial charge on any atom is -0.481 e. The molecular formula is C15H23NO2. The van der Waals surface area contributed by atoms with Gasteiger partial charge in [0.1, 0.15) is 0 Å². The molecule has 3 nitrogen and oxygen atoms in total. The van der Waals surface area contributed by atoms with Crippen molar-refractivity contribution in [2.24, 2.45) is 5.92 Å². The second-order valence-electron chi connectivity index (χ2n) is 4.81. The molecule has 0 aromatic heterocycles. The smallest absolute Gasteiger partial charge is 0.307 e. The van der Waals surface area contributed by atoms with Crippen molar-refractivity contribution in [2.75, 3.05) is 13.6 Å². The zero-order valence-electron chi connectivity index (χ0n) is 11.5. The van der Waals surface area contributed by atoms with Crippen molar-refractivity contribution in [1.29, 1.82) is 0 Å². The summed E-state index contributed by atoms with van der Waals surface area (Å²) in [7, 11) is 1.97. The summed E-state index contributed by atoms with van der Waals surface area (Å²) in [5.41, 5.74) is 2.56. The first-order valence-electron chi connectivity index (χ1n) is 6.56. The first-order valence-corrected chi connectivity index (χ1v) is 6.56. The van der Waals surface area contributed by atoms with Crippen molar-refractivity contribution in [1.82, 2.24) is 4.90 Å². The average molecular weight is 249 g/mol. The van der Waals surface area contributed by atoms with Crippen molar-refractivity contribution in [3.8, 4) is 0 Å². The first-order chi connectivity index (χ1) is 8.56. The van der Waals surface area contributed by atoms with E-state index in [9.17, 15) is 4.79 Å². The Balaban J connectivity index is 2.52. The third-order valence-corrected chi connectivity index (χ3v) is 3.26. The summed E-state index contributed by atoms with van der Waals surface area (Å²) in [5.74, 6) is -0.976. The lowest BCUT2D eigenvalue weighted by molar-refractivity contribution is -0.142. The molecule has 1 unspecified atom stereocenters. The van der Waals surface area contributed by atoms with Crippen LogP contribution in [0.1, 0.15) is 31.4 Å². The van der Waals surface area contributed by atoms with Gasteiger partial charge in [-0.25, -0.2) is 0 Å². The Morgan fingerprint density at radius 3 is 2.22 bits per heavy atom. The Kier molecular flexibility index (Phi) is 5.86. The van der Waals surface area contributed by atoms with E-state index in [0.29, 0.717) is 13.0 Å². The van der Waals surface area contributed by atoms with Crippen LogP contribution in [0.3, 0.4) is 0 Å². The Labute approximate surface area is 109 Å². The zero-order chi connectivity index (χ0) is 13.5. The number of carbonyl (C=O) groups is 1. The highest BCUT2D eigenvalue weighted by molar-refractivity contribution is 5.70. The normalized spacial score (nSPS) is 12.7. The predicted molar refractivity (Wildman–Crippen MR) is 73.6 cm³/mol. The monoisotopic (exact) mass is 249 g/mol. The molecule has 0 spiro atoms. The molecule has 1 N–H and O–H groups in total. The number of aliphatic carboxylic acids is 1. The number of nitrogens with zero attached hydrogens (tertiary/aromatic N) is 1. The van der Waals surface area contributed by atoms with Crippen LogP contribution in [-0.2, 0) is 17.8 Å². The molecular weight excluding hydrogens is 226 g/mol. The molecule has 18 heavy (non-hydrogen) atoms. The highest BCUT2D eigenvalue weighted by Crippen LogP contribution is 2.10. The average Bonchev–Trinajstić information content (AvgIpc) is 2.36. The van der Waals surface area contributed by atoms with Crippen molar-refractivity contribution in [3.05, 3.63) is 35.4 Å². The molecule has 0 aliphatic rings. The molecule has 3 heteroatoms. The number of carboxylic acid groups (broad SMARTS) is 1. The van der Waals surface area contributed by atoms with E-state index in [4.69, 9.17) is 5.11 Å². The highest BCUT2D eigenvalue weighted by Gasteiger charge is 2.17. The Hall–Kier alpha value is -1.35. The van der Waals surface area contributed by atoms with Gasteiger partial charge >= 0.3 is 5.97 Å². The van der Waals surface area contributed by atoms with Crippen LogP contribution in [0.5, 0.6) is 0 Å². The van der Waals surface area contributed by atoms with Crippen LogP contribution in [-0.4, -0.2) is 29.6 Å². The largest absolute Gasteiger partial charge is 0.481 e. The summed E-state index contributed by atoms with van der Waals surface area (Å²) in [6, 6.07) is 8.52. The van der Waals surface area contributed by atoms with E-state index in [2.05, 4.69) is 36.1 Å². The van der Waals surface area contributed by atoms with Crippen LogP contribution in [0, 0.1) is 5.92 Å². The van der Waals surface area contributed by atoms with Crippen LogP contribution >= 0.6 is 0 Å². The second-order valence-corrected chi connectivity index (χ2v) is 4.81. The summed E-state index contributed by atoms with van der Waals surface area (Å²) in [6.07, 6.45) is 1.72. The molecule has 0 bridgehead atoms. The van der Waals surface area contributed by atoms with Gasteiger partial charge in [-0.15, -0.1) is 0 Å². The minimum atomic E-state index is -0.703. The van der Waals surface area contributed by atoms with Crippen LogP contribution in [0.15, 0.2) is 24.3 Å². The third-order valence-electron chi connectivity index (χ3n) is 3.26. The van der Waals surface area contributed by atoms with Gasteiger partial charge in [-0.3, -0.25) is 4.79 Å². The molecule has 1 atom stereocenters. The van der Waals surface area contributed by atoms with Crippen LogP contribution in [0.25, 0.3) is 0 Å². The van der Waals surface area contributed by atoms with E-state index in [1.165, 1.54) is 11.1 Å². The summed E-state index contributed by atoms with van der Waals surface area (Å²) >= 11 is 0. The van der Waals surface area contributed by atoms with Gasteiger partial charge in [0.2, 0.25) is 0 Å². The van der Waals surface area contributed by atoms with Crippen molar-refractivity contribution in [2.45, 2.75) is 33.2 Å². The number of rotatable bonds is 7. The molecule has 0 radical (unpaired) electrons. The van der Waals surface area contributed by atoms with E-state index < -0.39 is 5.97 Å². The summed E-state index contributed by atoms with van der Waals surface area (Å²) in [6.45, 7) is 5.46. The van der Waals surface area contributed by atoms with Gasteiger partial charge in [0.15, 0.2) is 0 Å². The molecule has 0 aliphatic carbocycles. The molecule has 0 amide bonds. The van der Waals surface area contributed by atoms with Gasteiger partial charge in [-0.2, -0.15) is 0 Å². The molecule has 1 rings (SSSR count). The quantitative estimate of drug-likeness (QED) is 0.807. The number of aryl methyl sites for hydroxylation is 1. The molecule has 0 saturated heterocycles. The Morgan fingerprint density at radius 1 is 1.22 bits per heavy atom. The van der Waals surface area contributed by atoms with Gasteiger partial charge in [-0.05, 0) is 31.0 Å². The van der Waals surface area contributed by atoms with Crippen LogP contribution in [0.4, 0.5) is 0 Å². The SMILES string of the molecule is CCc1ccc(CN(C)CC(CC)C(=O)O)cc1. The van der Waals surface area contributed by atoms with Gasteiger partial charge in [-0.1, -0.05) is 38.1 Å². The van der Waals surface area contributed by atoms with Crippen LogP contribution < -0.4 is 0 Å². The summed E-state index contributed by atoms with van der Waals surface area (Å²) in [5, 5.41) is 9.03. The summed E-state index contributed by atoms with van der Waals surface area (Å²) in [4.78, 5) is 13.0. The molecule has 0 saturated carbocycles. The topological polar surface area (TPSA) is 40.5 Å². The molecule has 1 aromatic rings. The predicted octanol–water partition coefficient (Wildman–Crippen LogP) is 2.79. The van der Waals surface area contributed by atoms with Crippen LogP contribution in [0.2, 0.25) is 0 Å². The number of hydrogen-bond acceptors (Lipinski definition) is 2. The standard InChI is InChI=1S/C15H23NO2/c1-4-12-6-8-13(9-7-12)10-16(3)11-14(5-2)15(17)18/h6-9,14H,4-5,10-11H2,1-3H3,(H,17,18). The maximum atomic E-state index is 11.0. The highest BCUT2D eigenvalue weighted by atomic mass is 16.4. The fourth-order valence-corrected chi connectivity index (χ4v) is 2.01. The lowest BCUT2D eigenvalue weighted by atomic mass is 10.1. The van der Waals surface area contributed by atoms with Crippen molar-refractivity contribution in [3.63, 3.8) is 0 Å². The van der Waals surface area contributed by atoms with E-state index in [-0.39, 0.29) is 5.92 Å². The van der Waals surface area contributed by atoms with E-state index in [1.54, 1.807) is 0 Å². The lowest BCUT2D eigenvalue weighted by Gasteiger charge is -2.20. The number of benzene rings is 1. The Morgan fingerprint density at radius 2 is 1.78 bits per heavy atom. The molecule has 0 heterocycles. The molecule has 100 valence electrons. The van der Waals surface area contributed by atoms with Gasteiger partial charge in [0.25, 0.3) is 0 Å². The Bertz CT molecular complexity index is 373. The molecule has 1 aromatic carbocycles. The van der Waals surface area contributed by atoms with E-state index in [0.717, 1.165) is 13.0 Å². The maximum absolute atomic E-state index is 11.0.